The van der Waals surface area contributed by atoms with Crippen molar-refractivity contribution in [3.8, 4) is 0 Å². The summed E-state index contributed by atoms with van der Waals surface area (Å²) < 4.78 is 12.1. The standard InChI is InChI=1S/C13H11Cl2NOS/c14-12-6-5-11(7-13(12)15)18(17)8-9-1-3-10(16)4-2-9/h1-7H,8,16H2. The van der Waals surface area contributed by atoms with Gasteiger partial charge in [-0.2, -0.15) is 0 Å². The van der Waals surface area contributed by atoms with Gasteiger partial charge < -0.3 is 5.73 Å². The van der Waals surface area contributed by atoms with Gasteiger partial charge in [0.15, 0.2) is 0 Å². The predicted octanol–water partition coefficient (Wildman–Crippen LogP) is 3.88. The Hall–Kier alpha value is -1.03. The van der Waals surface area contributed by atoms with Gasteiger partial charge in [-0.05, 0) is 35.9 Å². The Morgan fingerprint density at radius 1 is 1.00 bits per heavy atom. The molecule has 2 rings (SSSR count). The van der Waals surface area contributed by atoms with Crippen molar-refractivity contribution in [3.05, 3.63) is 58.1 Å². The quantitative estimate of drug-likeness (QED) is 0.874. The van der Waals surface area contributed by atoms with Gasteiger partial charge >= 0.3 is 0 Å². The molecule has 2 nitrogen and oxygen atoms in total. The largest absolute Gasteiger partial charge is 0.399 e. The van der Waals surface area contributed by atoms with Crippen LogP contribution in [-0.2, 0) is 16.6 Å². The third-order valence-electron chi connectivity index (χ3n) is 2.43. The second kappa shape index (κ2) is 5.74. The van der Waals surface area contributed by atoms with E-state index in [0.29, 0.717) is 26.4 Å². The Balaban J connectivity index is 2.16. The molecule has 0 bridgehead atoms. The van der Waals surface area contributed by atoms with Crippen LogP contribution < -0.4 is 5.73 Å². The molecule has 0 aliphatic rings. The van der Waals surface area contributed by atoms with Crippen molar-refractivity contribution >= 4 is 39.7 Å². The van der Waals surface area contributed by atoms with E-state index in [1.54, 1.807) is 30.3 Å². The Morgan fingerprint density at radius 3 is 2.28 bits per heavy atom. The highest BCUT2D eigenvalue weighted by atomic mass is 35.5. The van der Waals surface area contributed by atoms with E-state index in [2.05, 4.69) is 0 Å². The van der Waals surface area contributed by atoms with Gasteiger partial charge in [0.05, 0.1) is 26.6 Å². The highest BCUT2D eigenvalue weighted by molar-refractivity contribution is 7.84. The molecule has 2 aromatic carbocycles. The van der Waals surface area contributed by atoms with Crippen molar-refractivity contribution in [1.29, 1.82) is 0 Å². The molecule has 2 N–H and O–H groups in total. The molecule has 1 atom stereocenters. The number of halogens is 2. The van der Waals surface area contributed by atoms with Gasteiger partial charge in [-0.3, -0.25) is 4.21 Å². The zero-order chi connectivity index (χ0) is 13.1. The zero-order valence-electron chi connectivity index (χ0n) is 9.40. The maximum Gasteiger partial charge on any atom is 0.0604 e. The van der Waals surface area contributed by atoms with Crippen LogP contribution in [0.4, 0.5) is 5.69 Å². The smallest absolute Gasteiger partial charge is 0.0604 e. The number of benzene rings is 2. The molecule has 0 heterocycles. The van der Waals surface area contributed by atoms with Crippen LogP contribution in [0, 0.1) is 0 Å². The maximum absolute atomic E-state index is 12.1. The van der Waals surface area contributed by atoms with Gasteiger partial charge in [0, 0.05) is 10.6 Å². The van der Waals surface area contributed by atoms with Gasteiger partial charge in [-0.25, -0.2) is 0 Å². The number of hydrogen-bond donors (Lipinski definition) is 1. The number of nitrogen functional groups attached to an aromatic ring is 1. The first kappa shape index (κ1) is 13.4. The topological polar surface area (TPSA) is 43.1 Å². The summed E-state index contributed by atoms with van der Waals surface area (Å²) in [6.07, 6.45) is 0. The summed E-state index contributed by atoms with van der Waals surface area (Å²) in [7, 11) is -1.14. The van der Waals surface area contributed by atoms with Crippen LogP contribution in [0.15, 0.2) is 47.4 Å². The van der Waals surface area contributed by atoms with Gasteiger partial charge in [-0.15, -0.1) is 0 Å². The number of anilines is 1. The lowest BCUT2D eigenvalue weighted by molar-refractivity contribution is 0.682. The molecular weight excluding hydrogens is 289 g/mol. The van der Waals surface area contributed by atoms with Crippen LogP contribution in [-0.4, -0.2) is 4.21 Å². The van der Waals surface area contributed by atoms with E-state index >= 15 is 0 Å². The lowest BCUT2D eigenvalue weighted by Crippen LogP contribution is -1.97. The lowest BCUT2D eigenvalue weighted by Gasteiger charge is -2.04. The van der Waals surface area contributed by atoms with Crippen LogP contribution in [0.2, 0.25) is 10.0 Å². The van der Waals surface area contributed by atoms with E-state index in [1.165, 1.54) is 0 Å². The fourth-order valence-corrected chi connectivity index (χ4v) is 2.96. The molecule has 0 aromatic heterocycles. The minimum absolute atomic E-state index is 0.417. The SMILES string of the molecule is Nc1ccc(CS(=O)c2ccc(Cl)c(Cl)c2)cc1. The fourth-order valence-electron chi connectivity index (χ4n) is 1.47. The van der Waals surface area contributed by atoms with Gasteiger partial charge in [0.1, 0.15) is 0 Å². The molecule has 0 spiro atoms. The molecule has 0 saturated heterocycles. The molecule has 2 aromatic rings. The minimum Gasteiger partial charge on any atom is -0.399 e. The molecule has 0 saturated carbocycles. The third kappa shape index (κ3) is 3.25. The molecule has 1 unspecified atom stereocenters. The van der Waals surface area contributed by atoms with E-state index in [9.17, 15) is 4.21 Å². The Labute approximate surface area is 118 Å². The van der Waals surface area contributed by atoms with Crippen LogP contribution in [0.3, 0.4) is 0 Å². The number of hydrogen-bond acceptors (Lipinski definition) is 2. The normalized spacial score (nSPS) is 12.3. The van der Waals surface area contributed by atoms with E-state index < -0.39 is 10.8 Å². The zero-order valence-corrected chi connectivity index (χ0v) is 11.7. The first-order chi connectivity index (χ1) is 8.56. The van der Waals surface area contributed by atoms with Crippen molar-refractivity contribution in [2.45, 2.75) is 10.6 Å². The third-order valence-corrected chi connectivity index (χ3v) is 4.55. The molecular formula is C13H11Cl2NOS. The summed E-state index contributed by atoms with van der Waals surface area (Å²) in [6.45, 7) is 0. The minimum atomic E-state index is -1.14. The summed E-state index contributed by atoms with van der Waals surface area (Å²) in [5, 5.41) is 0.879. The number of nitrogens with two attached hydrogens (primary N) is 1. The van der Waals surface area contributed by atoms with E-state index in [-0.39, 0.29) is 0 Å². The lowest BCUT2D eigenvalue weighted by atomic mass is 10.2. The highest BCUT2D eigenvalue weighted by Crippen LogP contribution is 2.25. The average Bonchev–Trinajstić information content (AvgIpc) is 2.35. The van der Waals surface area contributed by atoms with Crippen molar-refractivity contribution in [1.82, 2.24) is 0 Å². The summed E-state index contributed by atoms with van der Waals surface area (Å²) in [4.78, 5) is 0.668. The molecule has 5 heteroatoms. The van der Waals surface area contributed by atoms with Gasteiger partial charge in [0.2, 0.25) is 0 Å². The van der Waals surface area contributed by atoms with Crippen LogP contribution in [0.5, 0.6) is 0 Å². The Kier molecular flexibility index (Phi) is 4.27. The van der Waals surface area contributed by atoms with Gasteiger partial charge in [0.25, 0.3) is 0 Å². The van der Waals surface area contributed by atoms with Crippen LogP contribution in [0.25, 0.3) is 0 Å². The highest BCUT2D eigenvalue weighted by Gasteiger charge is 2.07. The molecule has 0 radical (unpaired) electrons. The Bertz CT molecular complexity index is 584. The van der Waals surface area contributed by atoms with Crippen LogP contribution >= 0.6 is 23.2 Å². The molecule has 0 aliphatic heterocycles. The van der Waals surface area contributed by atoms with Crippen molar-refractivity contribution in [2.75, 3.05) is 5.73 Å². The fraction of sp³-hybridized carbons (Fsp3) is 0.0769. The van der Waals surface area contributed by atoms with E-state index in [0.717, 1.165) is 5.56 Å². The molecule has 94 valence electrons. The first-order valence-electron chi connectivity index (χ1n) is 5.24. The first-order valence-corrected chi connectivity index (χ1v) is 7.31. The Morgan fingerprint density at radius 2 is 1.67 bits per heavy atom. The maximum atomic E-state index is 12.1. The van der Waals surface area contributed by atoms with E-state index in [1.807, 2.05) is 12.1 Å². The van der Waals surface area contributed by atoms with Crippen molar-refractivity contribution < 1.29 is 4.21 Å². The summed E-state index contributed by atoms with van der Waals surface area (Å²) in [6, 6.07) is 12.3. The second-order valence-corrected chi connectivity index (χ2v) is 6.07. The number of rotatable bonds is 3. The molecule has 0 amide bonds. The van der Waals surface area contributed by atoms with Crippen molar-refractivity contribution in [3.63, 3.8) is 0 Å². The van der Waals surface area contributed by atoms with E-state index in [4.69, 9.17) is 28.9 Å². The van der Waals surface area contributed by atoms with Crippen LogP contribution in [0.1, 0.15) is 5.56 Å². The summed E-state index contributed by atoms with van der Waals surface area (Å²) in [5.41, 5.74) is 7.26. The van der Waals surface area contributed by atoms with Gasteiger partial charge in [-0.1, -0.05) is 35.3 Å². The average molecular weight is 300 g/mol. The summed E-state index contributed by atoms with van der Waals surface area (Å²) >= 11 is 11.7. The molecule has 0 aliphatic carbocycles. The molecule has 0 fully saturated rings. The van der Waals surface area contributed by atoms with Crippen molar-refractivity contribution in [2.24, 2.45) is 0 Å². The predicted molar refractivity (Wildman–Crippen MR) is 77.4 cm³/mol. The summed E-state index contributed by atoms with van der Waals surface area (Å²) in [5.74, 6) is 0.429. The molecule has 18 heavy (non-hydrogen) atoms. The second-order valence-electron chi connectivity index (χ2n) is 3.81. The monoisotopic (exact) mass is 299 g/mol.